The van der Waals surface area contributed by atoms with Gasteiger partial charge in [0, 0.05) is 25.9 Å². The molecular weight excluding hydrogens is 407 g/mol. The molecule has 152 valence electrons. The van der Waals surface area contributed by atoms with Crippen LogP contribution in [0.3, 0.4) is 0 Å². The molecule has 0 radical (unpaired) electrons. The van der Waals surface area contributed by atoms with Crippen molar-refractivity contribution in [3.05, 3.63) is 23.9 Å². The monoisotopic (exact) mass is 421 g/mol. The maximum Gasteiger partial charge on any atom is 0.509 e. The number of cyclic esters (lactones) is 1. The molecule has 2 aromatic rings. The van der Waals surface area contributed by atoms with Crippen molar-refractivity contribution in [3.8, 4) is 11.5 Å². The largest absolute Gasteiger partial charge is 0.509 e. The first-order chi connectivity index (χ1) is 13.1. The summed E-state index contributed by atoms with van der Waals surface area (Å²) >= 11 is 0. The number of carbonyl (C=O) groups is 1. The average molecular weight is 421 g/mol. The zero-order chi connectivity index (χ0) is 20.2. The van der Waals surface area contributed by atoms with Crippen LogP contribution >= 0.6 is 0 Å². The first-order valence-corrected chi connectivity index (χ1v) is 9.62. The van der Waals surface area contributed by atoms with Gasteiger partial charge in [0.15, 0.2) is 11.4 Å². The van der Waals surface area contributed by atoms with Crippen LogP contribution in [-0.4, -0.2) is 54.4 Å². The van der Waals surface area contributed by atoms with E-state index in [9.17, 15) is 26.4 Å². The Hall–Kier alpha value is -2.54. The molecule has 0 bridgehead atoms. The zero-order valence-corrected chi connectivity index (χ0v) is 15.0. The number of hydrogen-bond acceptors (Lipinski definition) is 7. The summed E-state index contributed by atoms with van der Waals surface area (Å²) in [5.74, 6) is -0.114. The summed E-state index contributed by atoms with van der Waals surface area (Å²) in [5, 5.41) is 4.94. The lowest BCUT2D eigenvalue weighted by atomic mass is 9.94. The molecule has 0 aromatic carbocycles. The topological polar surface area (TPSA) is 115 Å². The molecule has 2 aromatic heterocycles. The molecule has 4 rings (SSSR count). The van der Waals surface area contributed by atoms with Gasteiger partial charge in [-0.05, 0) is 18.2 Å². The van der Waals surface area contributed by atoms with E-state index >= 15 is 0 Å². The highest BCUT2D eigenvalue weighted by molar-refractivity contribution is 7.89. The summed E-state index contributed by atoms with van der Waals surface area (Å²) in [5.41, 5.74) is -2.06. The Bertz CT molecular complexity index is 1000. The number of alkyl halides is 3. The van der Waals surface area contributed by atoms with E-state index in [0.29, 0.717) is 0 Å². The molecule has 13 heteroatoms. The van der Waals surface area contributed by atoms with Gasteiger partial charge in [0.25, 0.3) is 10.0 Å². The van der Waals surface area contributed by atoms with Crippen LogP contribution < -0.4 is 0 Å². The molecule has 4 heterocycles. The third kappa shape index (κ3) is 3.24. The quantitative estimate of drug-likeness (QED) is 0.757. The van der Waals surface area contributed by atoms with E-state index in [-0.39, 0.29) is 44.0 Å². The standard InChI is InChI=1S/C15H14F3N3O6S/c16-15(17,18)11-7-9(19-20-11)10-1-2-12(26-10)28(23,24)21-5-3-14(4-6-21)8-25-13(22)27-14/h1-2,7H,3-6,8H2,(H,19,20). The van der Waals surface area contributed by atoms with Crippen molar-refractivity contribution in [3.63, 3.8) is 0 Å². The Morgan fingerprint density at radius 3 is 2.50 bits per heavy atom. The van der Waals surface area contributed by atoms with Crippen molar-refractivity contribution in [2.24, 2.45) is 0 Å². The van der Waals surface area contributed by atoms with Crippen LogP contribution in [0.1, 0.15) is 18.5 Å². The first-order valence-electron chi connectivity index (χ1n) is 8.18. The van der Waals surface area contributed by atoms with E-state index in [2.05, 4.69) is 5.10 Å². The predicted octanol–water partition coefficient (Wildman–Crippen LogP) is 2.38. The molecule has 1 N–H and O–H groups in total. The third-order valence-electron chi connectivity index (χ3n) is 4.70. The Kier molecular flexibility index (Phi) is 4.19. The fraction of sp³-hybridized carbons (Fsp3) is 0.467. The summed E-state index contributed by atoms with van der Waals surface area (Å²) in [4.78, 5) is 11.1. The molecule has 28 heavy (non-hydrogen) atoms. The number of nitrogens with one attached hydrogen (secondary N) is 1. The lowest BCUT2D eigenvalue weighted by molar-refractivity contribution is -0.141. The van der Waals surface area contributed by atoms with Crippen LogP contribution in [0.15, 0.2) is 27.7 Å². The first kappa shape index (κ1) is 18.8. The maximum atomic E-state index is 12.7. The summed E-state index contributed by atoms with van der Waals surface area (Å²) < 4.78 is 79.8. The minimum Gasteiger partial charge on any atom is -0.442 e. The van der Waals surface area contributed by atoms with Crippen LogP contribution in [0.2, 0.25) is 0 Å². The summed E-state index contributed by atoms with van der Waals surface area (Å²) in [6.07, 6.45) is -4.85. The summed E-state index contributed by atoms with van der Waals surface area (Å²) in [6, 6.07) is 3.13. The number of nitrogens with zero attached hydrogens (tertiary/aromatic N) is 2. The van der Waals surface area contributed by atoms with Crippen LogP contribution in [0.25, 0.3) is 11.5 Å². The summed E-state index contributed by atoms with van der Waals surface area (Å²) in [7, 11) is -4.01. The molecular formula is C15H14F3N3O6S. The Balaban J connectivity index is 1.50. The van der Waals surface area contributed by atoms with Crippen LogP contribution in [0.5, 0.6) is 0 Å². The highest BCUT2D eigenvalue weighted by Crippen LogP contribution is 2.35. The molecule has 9 nitrogen and oxygen atoms in total. The lowest BCUT2D eigenvalue weighted by Gasteiger charge is -2.34. The molecule has 0 aliphatic carbocycles. The normalized spacial score (nSPS) is 20.3. The molecule has 0 amide bonds. The molecule has 2 fully saturated rings. The van der Waals surface area contributed by atoms with Crippen molar-refractivity contribution < 1.29 is 40.3 Å². The van der Waals surface area contributed by atoms with Gasteiger partial charge in [-0.25, -0.2) is 13.2 Å². The molecule has 0 saturated carbocycles. The minimum atomic E-state index is -4.61. The van der Waals surface area contributed by atoms with E-state index < -0.39 is 38.7 Å². The second-order valence-corrected chi connectivity index (χ2v) is 8.38. The summed E-state index contributed by atoms with van der Waals surface area (Å²) in [6.45, 7) is 0.233. The van der Waals surface area contributed by atoms with Crippen molar-refractivity contribution >= 4 is 16.2 Å². The van der Waals surface area contributed by atoms with E-state index in [1.807, 2.05) is 5.10 Å². The smallest absolute Gasteiger partial charge is 0.442 e. The van der Waals surface area contributed by atoms with Gasteiger partial charge >= 0.3 is 12.3 Å². The SMILES string of the molecule is O=C1OCC2(CCN(S(=O)(=O)c3ccc(-c4cc(C(F)(F)F)[nH]n4)o3)CC2)O1. The Morgan fingerprint density at radius 2 is 1.93 bits per heavy atom. The van der Waals surface area contributed by atoms with Gasteiger partial charge in [-0.15, -0.1) is 0 Å². The van der Waals surface area contributed by atoms with E-state index in [0.717, 1.165) is 12.1 Å². The molecule has 2 aliphatic heterocycles. The average Bonchev–Trinajstić information content (AvgIpc) is 3.34. The molecule has 1 spiro atoms. The van der Waals surface area contributed by atoms with Crippen molar-refractivity contribution in [2.75, 3.05) is 19.7 Å². The zero-order valence-electron chi connectivity index (χ0n) is 14.2. The number of piperidine rings is 1. The highest BCUT2D eigenvalue weighted by atomic mass is 32.2. The fourth-order valence-corrected chi connectivity index (χ4v) is 4.48. The van der Waals surface area contributed by atoms with Gasteiger partial charge in [-0.1, -0.05) is 0 Å². The van der Waals surface area contributed by atoms with Gasteiger partial charge in [0.05, 0.1) is 0 Å². The van der Waals surface area contributed by atoms with Crippen molar-refractivity contribution in [1.82, 2.24) is 14.5 Å². The van der Waals surface area contributed by atoms with Crippen LogP contribution in [0.4, 0.5) is 18.0 Å². The fourth-order valence-electron chi connectivity index (χ4n) is 3.12. The van der Waals surface area contributed by atoms with Gasteiger partial charge in [0.2, 0.25) is 5.09 Å². The number of aromatic amines is 1. The second kappa shape index (κ2) is 6.24. The van der Waals surface area contributed by atoms with Gasteiger partial charge in [-0.2, -0.15) is 22.6 Å². The Labute approximate surface area is 156 Å². The number of rotatable bonds is 3. The molecule has 2 saturated heterocycles. The number of halogens is 3. The predicted molar refractivity (Wildman–Crippen MR) is 84.4 cm³/mol. The van der Waals surface area contributed by atoms with Crippen LogP contribution in [0, 0.1) is 0 Å². The molecule has 0 atom stereocenters. The number of hydrogen-bond donors (Lipinski definition) is 1. The maximum absolute atomic E-state index is 12.7. The number of carbonyl (C=O) groups excluding carboxylic acids is 1. The molecule has 0 unspecified atom stereocenters. The number of H-pyrrole nitrogens is 1. The van der Waals surface area contributed by atoms with Crippen molar-refractivity contribution in [1.29, 1.82) is 0 Å². The second-order valence-electron chi connectivity index (χ2n) is 6.51. The number of aromatic nitrogens is 2. The lowest BCUT2D eigenvalue weighted by Crippen LogP contribution is -2.47. The minimum absolute atomic E-state index is 0.0747. The highest BCUT2D eigenvalue weighted by Gasteiger charge is 2.47. The Morgan fingerprint density at radius 1 is 1.21 bits per heavy atom. The van der Waals surface area contributed by atoms with Gasteiger partial charge in [0.1, 0.15) is 18.0 Å². The van der Waals surface area contributed by atoms with Crippen molar-refractivity contribution in [2.45, 2.75) is 29.7 Å². The van der Waals surface area contributed by atoms with E-state index in [1.165, 1.54) is 10.4 Å². The van der Waals surface area contributed by atoms with Gasteiger partial charge in [-0.3, -0.25) is 5.10 Å². The van der Waals surface area contributed by atoms with Crippen LogP contribution in [-0.2, 0) is 25.7 Å². The number of ether oxygens (including phenoxy) is 2. The van der Waals surface area contributed by atoms with Gasteiger partial charge < -0.3 is 13.9 Å². The van der Waals surface area contributed by atoms with E-state index in [1.54, 1.807) is 0 Å². The number of furan rings is 1. The van der Waals surface area contributed by atoms with E-state index in [4.69, 9.17) is 13.9 Å². The molecule has 2 aliphatic rings. The number of sulfonamides is 1. The third-order valence-corrected chi connectivity index (χ3v) is 6.47.